The molecule has 0 heterocycles. The fourth-order valence-corrected chi connectivity index (χ4v) is 12.2. The molecule has 0 aromatic carbocycles. The first-order chi connectivity index (χ1) is 50.7. The number of carbonyl (C=O) groups excluding carboxylic acids is 4. The van der Waals surface area contributed by atoms with E-state index in [-0.39, 0.29) is 25.7 Å². The highest BCUT2D eigenvalue weighted by Gasteiger charge is 2.30. The first-order valence-corrected chi connectivity index (χ1v) is 43.8. The minimum absolute atomic E-state index is 0.0702. The minimum atomic E-state index is -4.99. The quantitative estimate of drug-likeness (QED) is 0.0169. The van der Waals surface area contributed by atoms with Crippen LogP contribution in [0.15, 0.2) is 122 Å². The molecule has 5 unspecified atom stereocenters. The monoisotopic (exact) mass is 1500 g/mol. The Balaban J connectivity index is 5.39. The summed E-state index contributed by atoms with van der Waals surface area (Å²) in [6.45, 7) is 4.64. The van der Waals surface area contributed by atoms with Gasteiger partial charge in [0.15, 0.2) is 12.2 Å². The summed E-state index contributed by atoms with van der Waals surface area (Å²) in [5.74, 6) is -2.24. The van der Waals surface area contributed by atoms with Crippen molar-refractivity contribution >= 4 is 39.5 Å². The van der Waals surface area contributed by atoms with Gasteiger partial charge in [-0.15, -0.1) is 0 Å². The largest absolute Gasteiger partial charge is 0.472 e. The van der Waals surface area contributed by atoms with E-state index < -0.39 is 97.5 Å². The number of aliphatic hydroxyl groups is 1. The molecular weight excluding hydrogens is 1350 g/mol. The van der Waals surface area contributed by atoms with E-state index in [1.54, 1.807) is 0 Å². The molecule has 0 spiro atoms. The summed E-state index contributed by atoms with van der Waals surface area (Å²) in [5, 5.41) is 10.6. The first kappa shape index (κ1) is 99.5. The summed E-state index contributed by atoms with van der Waals surface area (Å²) < 4.78 is 68.6. The molecule has 0 amide bonds. The summed E-state index contributed by atoms with van der Waals surface area (Å²) in [6.07, 6.45) is 84.6. The van der Waals surface area contributed by atoms with E-state index >= 15 is 0 Å². The Morgan fingerprint density at radius 2 is 0.510 bits per heavy atom. The average molecular weight is 1500 g/mol. The summed E-state index contributed by atoms with van der Waals surface area (Å²) >= 11 is 0. The van der Waals surface area contributed by atoms with Gasteiger partial charge < -0.3 is 33.8 Å². The van der Waals surface area contributed by atoms with E-state index in [0.29, 0.717) is 25.7 Å². The van der Waals surface area contributed by atoms with Crippen LogP contribution in [0.4, 0.5) is 0 Å². The third kappa shape index (κ3) is 75.7. The van der Waals surface area contributed by atoms with Crippen molar-refractivity contribution in [3.8, 4) is 0 Å². The molecular formula is C85H146O17P2. The Labute approximate surface area is 632 Å². The third-order valence-corrected chi connectivity index (χ3v) is 18.8. The van der Waals surface area contributed by atoms with Gasteiger partial charge in [0, 0.05) is 25.7 Å². The summed E-state index contributed by atoms with van der Waals surface area (Å²) in [7, 11) is -9.97. The van der Waals surface area contributed by atoms with Gasteiger partial charge in [0.25, 0.3) is 0 Å². The van der Waals surface area contributed by atoms with Gasteiger partial charge in [-0.05, 0) is 154 Å². The molecule has 19 heteroatoms. The van der Waals surface area contributed by atoms with Gasteiger partial charge >= 0.3 is 39.5 Å². The van der Waals surface area contributed by atoms with Crippen LogP contribution in [0.25, 0.3) is 0 Å². The zero-order chi connectivity index (χ0) is 76.0. The third-order valence-electron chi connectivity index (χ3n) is 16.9. The molecule has 0 aliphatic heterocycles. The Morgan fingerprint density at radius 3 is 0.837 bits per heavy atom. The Hall–Kier alpha value is -4.54. The van der Waals surface area contributed by atoms with Crippen LogP contribution in [0, 0.1) is 0 Å². The maximum Gasteiger partial charge on any atom is 0.472 e. The summed E-state index contributed by atoms with van der Waals surface area (Å²) in [5.41, 5.74) is 0. The molecule has 0 bridgehead atoms. The molecule has 598 valence electrons. The van der Waals surface area contributed by atoms with Crippen LogP contribution in [-0.4, -0.2) is 96.7 Å². The summed E-state index contributed by atoms with van der Waals surface area (Å²) in [4.78, 5) is 73.0. The number of hydrogen-bond acceptors (Lipinski definition) is 15. The maximum atomic E-state index is 13.1. The molecule has 0 aromatic heterocycles. The Kier molecular flexibility index (Phi) is 73.3. The van der Waals surface area contributed by atoms with Gasteiger partial charge in [0.05, 0.1) is 26.4 Å². The number of unbranched alkanes of at least 4 members (excludes halogenated alkanes) is 30. The molecule has 0 aromatic rings. The maximum absolute atomic E-state index is 13.1. The Morgan fingerprint density at radius 1 is 0.279 bits per heavy atom. The highest BCUT2D eigenvalue weighted by atomic mass is 31.2. The molecule has 0 rings (SSSR count). The van der Waals surface area contributed by atoms with Crippen molar-refractivity contribution in [2.24, 2.45) is 0 Å². The predicted octanol–water partition coefficient (Wildman–Crippen LogP) is 23.9. The van der Waals surface area contributed by atoms with E-state index in [9.17, 15) is 43.2 Å². The zero-order valence-corrected chi connectivity index (χ0v) is 67.2. The number of allylic oxidation sites excluding steroid dienone is 20. The van der Waals surface area contributed by atoms with Crippen molar-refractivity contribution in [2.75, 3.05) is 39.6 Å². The second kappa shape index (κ2) is 76.6. The van der Waals surface area contributed by atoms with Gasteiger partial charge in [0.2, 0.25) is 0 Å². The number of phosphoric acid groups is 2. The van der Waals surface area contributed by atoms with E-state index in [2.05, 4.69) is 149 Å². The van der Waals surface area contributed by atoms with Crippen molar-refractivity contribution in [3.05, 3.63) is 122 Å². The number of esters is 4. The van der Waals surface area contributed by atoms with Crippen molar-refractivity contribution < 1.29 is 80.2 Å². The lowest BCUT2D eigenvalue weighted by atomic mass is 10.1. The van der Waals surface area contributed by atoms with Crippen molar-refractivity contribution in [3.63, 3.8) is 0 Å². The lowest BCUT2D eigenvalue weighted by Gasteiger charge is -2.21. The summed E-state index contributed by atoms with van der Waals surface area (Å²) in [6, 6.07) is 0. The number of ether oxygens (including phenoxy) is 4. The number of carbonyl (C=O) groups is 4. The van der Waals surface area contributed by atoms with Crippen molar-refractivity contribution in [2.45, 2.75) is 354 Å². The van der Waals surface area contributed by atoms with Crippen LogP contribution in [0.3, 0.4) is 0 Å². The number of phosphoric ester groups is 2. The van der Waals surface area contributed by atoms with Crippen LogP contribution in [0.1, 0.15) is 336 Å². The predicted molar refractivity (Wildman–Crippen MR) is 427 cm³/mol. The Bertz CT molecular complexity index is 2440. The van der Waals surface area contributed by atoms with Crippen LogP contribution >= 0.6 is 15.6 Å². The molecule has 0 aliphatic rings. The molecule has 0 radical (unpaired) electrons. The number of rotatable bonds is 76. The van der Waals surface area contributed by atoms with Crippen LogP contribution < -0.4 is 0 Å². The SMILES string of the molecule is CC/C=C\C/C=C\C/C=C\C/C=C\C/C=C\CCCCCC(=O)OCC(COP(=O)(O)OCC(O)COP(=O)(O)OCC(COC(=O)CCCCCCC/C=C\CCCCCCCC)OC(=O)CCCCCCC/C=C\CCCC)OC(=O)CCCCCCCC/C=C\C/C=C\C/C=C\CCCCC. The van der Waals surface area contributed by atoms with E-state index in [0.717, 1.165) is 186 Å². The molecule has 0 saturated heterocycles. The molecule has 0 saturated carbocycles. The molecule has 0 aliphatic carbocycles. The van der Waals surface area contributed by atoms with Gasteiger partial charge in [-0.2, -0.15) is 0 Å². The van der Waals surface area contributed by atoms with Gasteiger partial charge in [0.1, 0.15) is 19.3 Å². The van der Waals surface area contributed by atoms with E-state index in [4.69, 9.17) is 37.0 Å². The van der Waals surface area contributed by atoms with Gasteiger partial charge in [-0.3, -0.25) is 37.3 Å². The molecule has 0 fully saturated rings. The standard InChI is InChI=1S/C85H146O17P2/c1-5-9-13-17-21-25-29-32-35-37-39-41-44-47-51-54-58-62-66-70-83(88)96-76-81(102-85(90)72-68-64-60-56-52-48-45-42-40-38-36-33-30-26-22-18-14-10-6-2)78-100-104(93,94)98-74-79(86)73-97-103(91,92)99-77-80(101-84(89)71-67-63-59-55-49-28-24-20-16-12-8-4)75-95-82(87)69-65-61-57-53-50-46-43-34-31-27-23-19-15-11-7-3/h9,13,20-22,24-26,32-36,39-43,47,51,79-81,86H,5-8,10-12,14-19,23,27-31,37-38,44-46,48-50,52-78H2,1-4H3,(H,91,92)(H,93,94)/b13-9-,24-20-,25-21-,26-22-,35-32-,36-33-,41-39-,42-40-,43-34-,51-47-. The van der Waals surface area contributed by atoms with Crippen LogP contribution in [-0.2, 0) is 65.4 Å². The minimum Gasteiger partial charge on any atom is -0.462 e. The fourth-order valence-electron chi connectivity index (χ4n) is 10.6. The van der Waals surface area contributed by atoms with E-state index in [1.165, 1.54) is 70.6 Å². The first-order valence-electron chi connectivity index (χ1n) is 40.8. The second-order valence-electron chi connectivity index (χ2n) is 27.0. The zero-order valence-electron chi connectivity index (χ0n) is 65.4. The van der Waals surface area contributed by atoms with Gasteiger partial charge in [-0.25, -0.2) is 9.13 Å². The van der Waals surface area contributed by atoms with Crippen LogP contribution in [0.2, 0.25) is 0 Å². The molecule has 5 atom stereocenters. The van der Waals surface area contributed by atoms with Crippen LogP contribution in [0.5, 0.6) is 0 Å². The highest BCUT2D eigenvalue weighted by Crippen LogP contribution is 2.45. The normalized spacial score (nSPS) is 14.5. The lowest BCUT2D eigenvalue weighted by molar-refractivity contribution is -0.161. The molecule has 17 nitrogen and oxygen atoms in total. The van der Waals surface area contributed by atoms with E-state index in [1.807, 2.05) is 0 Å². The molecule has 3 N–H and O–H groups in total. The number of hydrogen-bond donors (Lipinski definition) is 3. The average Bonchev–Trinajstić information content (AvgIpc) is 0.928. The van der Waals surface area contributed by atoms with Crippen molar-refractivity contribution in [1.29, 1.82) is 0 Å². The lowest BCUT2D eigenvalue weighted by Crippen LogP contribution is -2.30. The smallest absolute Gasteiger partial charge is 0.462 e. The number of aliphatic hydroxyl groups excluding tert-OH is 1. The van der Waals surface area contributed by atoms with Crippen molar-refractivity contribution in [1.82, 2.24) is 0 Å². The highest BCUT2D eigenvalue weighted by molar-refractivity contribution is 7.47. The fraction of sp³-hybridized carbons (Fsp3) is 0.718. The van der Waals surface area contributed by atoms with Gasteiger partial charge in [-0.1, -0.05) is 278 Å². The topological polar surface area (TPSA) is 237 Å². The molecule has 104 heavy (non-hydrogen) atoms. The second-order valence-corrected chi connectivity index (χ2v) is 29.9.